The molecule has 0 saturated carbocycles. The summed E-state index contributed by atoms with van der Waals surface area (Å²) in [4.78, 5) is 28.5. The number of nitrogens with one attached hydrogen (secondary N) is 1. The Hall–Kier alpha value is -4.59. The second kappa shape index (κ2) is 12.8. The quantitative estimate of drug-likeness (QED) is 0.269. The van der Waals surface area contributed by atoms with Crippen molar-refractivity contribution in [3.05, 3.63) is 90.1 Å². The molecule has 4 aromatic rings. The van der Waals surface area contributed by atoms with Crippen LogP contribution in [0.3, 0.4) is 0 Å². The van der Waals surface area contributed by atoms with E-state index in [1.165, 1.54) is 0 Å². The monoisotopic (exact) mass is 526 g/mol. The molecular formula is C31H34N4O4. The molecule has 0 unspecified atom stereocenters. The summed E-state index contributed by atoms with van der Waals surface area (Å²) < 4.78 is 12.3. The van der Waals surface area contributed by atoms with Gasteiger partial charge in [-0.05, 0) is 61.4 Å². The smallest absolute Gasteiger partial charge is 0.254 e. The molecule has 0 bridgehead atoms. The van der Waals surface area contributed by atoms with Gasteiger partial charge in [0.2, 0.25) is 5.91 Å². The summed E-state index contributed by atoms with van der Waals surface area (Å²) in [5.74, 6) is 1.32. The molecule has 0 spiro atoms. The fourth-order valence-corrected chi connectivity index (χ4v) is 4.39. The van der Waals surface area contributed by atoms with Crippen molar-refractivity contribution < 1.29 is 19.1 Å². The van der Waals surface area contributed by atoms with E-state index in [9.17, 15) is 9.59 Å². The van der Waals surface area contributed by atoms with Crippen LogP contribution in [0.25, 0.3) is 16.8 Å². The van der Waals surface area contributed by atoms with Gasteiger partial charge in [0.05, 0.1) is 25.6 Å². The molecule has 0 atom stereocenters. The van der Waals surface area contributed by atoms with Crippen molar-refractivity contribution in [2.75, 3.05) is 32.6 Å². The predicted octanol–water partition coefficient (Wildman–Crippen LogP) is 5.75. The van der Waals surface area contributed by atoms with E-state index in [2.05, 4.69) is 12.2 Å². The van der Waals surface area contributed by atoms with Crippen molar-refractivity contribution in [2.24, 2.45) is 0 Å². The molecule has 8 nitrogen and oxygen atoms in total. The van der Waals surface area contributed by atoms with Crippen LogP contribution in [-0.4, -0.2) is 53.8 Å². The Bertz CT molecular complexity index is 1410. The number of rotatable bonds is 11. The number of aromatic nitrogens is 2. The maximum Gasteiger partial charge on any atom is 0.254 e. The van der Waals surface area contributed by atoms with Crippen molar-refractivity contribution in [3.8, 4) is 28.3 Å². The first-order chi connectivity index (χ1) is 18.9. The number of methoxy groups -OCH3 is 2. The number of ether oxygens (including phenoxy) is 2. The Morgan fingerprint density at radius 1 is 0.923 bits per heavy atom. The number of unbranched alkanes of at least 4 members (excludes halogenated alkanes) is 1. The fraction of sp³-hybridized carbons (Fsp3) is 0.258. The number of benzene rings is 3. The van der Waals surface area contributed by atoms with E-state index >= 15 is 0 Å². The van der Waals surface area contributed by atoms with Crippen LogP contribution in [0.15, 0.2) is 78.9 Å². The molecule has 0 fully saturated rings. The van der Waals surface area contributed by atoms with E-state index in [0.29, 0.717) is 23.7 Å². The number of hydrogen-bond donors (Lipinski definition) is 1. The SMILES string of the molecule is CCCCN(CC(=O)Nc1c(-c2ccccc2)c(C)nn1-c1ccc(OC)cc1)C(=O)c1cccc(OC)c1. The van der Waals surface area contributed by atoms with Crippen molar-refractivity contribution in [1.29, 1.82) is 0 Å². The molecule has 2 amide bonds. The van der Waals surface area contributed by atoms with Gasteiger partial charge in [-0.2, -0.15) is 5.10 Å². The standard InChI is InChI=1S/C31H34N4O4/c1-5-6-19-34(31(37)24-13-10-14-27(20-24)39-4)21-28(36)32-30-29(23-11-8-7-9-12-23)22(2)33-35(30)25-15-17-26(38-3)18-16-25/h7-18,20H,5-6,19,21H2,1-4H3,(H,32,36). The Balaban J connectivity index is 1.67. The van der Waals surface area contributed by atoms with Crippen LogP contribution < -0.4 is 14.8 Å². The van der Waals surface area contributed by atoms with Gasteiger partial charge in [-0.15, -0.1) is 0 Å². The highest BCUT2D eigenvalue weighted by atomic mass is 16.5. The largest absolute Gasteiger partial charge is 0.497 e. The molecule has 1 N–H and O–H groups in total. The lowest BCUT2D eigenvalue weighted by atomic mass is 10.1. The molecule has 0 saturated heterocycles. The average Bonchev–Trinajstić information content (AvgIpc) is 3.30. The third kappa shape index (κ3) is 6.46. The number of hydrogen-bond acceptors (Lipinski definition) is 5. The van der Waals surface area contributed by atoms with Gasteiger partial charge < -0.3 is 19.7 Å². The highest BCUT2D eigenvalue weighted by molar-refractivity contribution is 6.01. The lowest BCUT2D eigenvalue weighted by molar-refractivity contribution is -0.116. The zero-order valence-electron chi connectivity index (χ0n) is 22.8. The summed E-state index contributed by atoms with van der Waals surface area (Å²) >= 11 is 0. The molecule has 0 radical (unpaired) electrons. The molecule has 4 rings (SSSR count). The van der Waals surface area contributed by atoms with Crippen molar-refractivity contribution in [3.63, 3.8) is 0 Å². The molecule has 3 aromatic carbocycles. The number of aryl methyl sites for hydroxylation is 1. The van der Waals surface area contributed by atoms with Gasteiger partial charge in [0.25, 0.3) is 5.91 Å². The molecule has 8 heteroatoms. The first-order valence-corrected chi connectivity index (χ1v) is 13.0. The Kier molecular flexibility index (Phi) is 8.99. The number of carbonyl (C=O) groups is 2. The minimum atomic E-state index is -0.311. The minimum absolute atomic E-state index is 0.100. The van der Waals surface area contributed by atoms with E-state index in [1.807, 2.05) is 61.5 Å². The van der Waals surface area contributed by atoms with Crippen LogP contribution in [-0.2, 0) is 4.79 Å². The van der Waals surface area contributed by atoms with Gasteiger partial charge in [-0.25, -0.2) is 4.68 Å². The van der Waals surface area contributed by atoms with E-state index in [-0.39, 0.29) is 18.4 Å². The summed E-state index contributed by atoms with van der Waals surface area (Å²) in [5.41, 5.74) is 3.76. The van der Waals surface area contributed by atoms with E-state index < -0.39 is 0 Å². The molecule has 1 aromatic heterocycles. The normalized spacial score (nSPS) is 10.7. The number of amides is 2. The zero-order chi connectivity index (χ0) is 27.8. The third-order valence-electron chi connectivity index (χ3n) is 6.42. The molecule has 0 aliphatic carbocycles. The van der Waals surface area contributed by atoms with Crippen molar-refractivity contribution in [2.45, 2.75) is 26.7 Å². The summed E-state index contributed by atoms with van der Waals surface area (Å²) in [6.45, 7) is 4.33. The predicted molar refractivity (Wildman–Crippen MR) is 153 cm³/mol. The first-order valence-electron chi connectivity index (χ1n) is 13.0. The van der Waals surface area contributed by atoms with E-state index in [0.717, 1.165) is 41.1 Å². The van der Waals surface area contributed by atoms with Gasteiger partial charge in [0.1, 0.15) is 23.9 Å². The van der Waals surface area contributed by atoms with Crippen LogP contribution in [0.1, 0.15) is 35.8 Å². The molecule has 1 heterocycles. The topological polar surface area (TPSA) is 85.7 Å². The zero-order valence-corrected chi connectivity index (χ0v) is 22.8. The van der Waals surface area contributed by atoms with Crippen LogP contribution in [0.2, 0.25) is 0 Å². The maximum absolute atomic E-state index is 13.5. The van der Waals surface area contributed by atoms with Gasteiger partial charge in [-0.3, -0.25) is 9.59 Å². The summed E-state index contributed by atoms with van der Waals surface area (Å²) in [5, 5.41) is 7.84. The summed E-state index contributed by atoms with van der Waals surface area (Å²) in [7, 11) is 3.17. The lowest BCUT2D eigenvalue weighted by Gasteiger charge is -2.23. The molecule has 202 valence electrons. The van der Waals surface area contributed by atoms with E-state index in [1.54, 1.807) is 48.1 Å². The van der Waals surface area contributed by atoms with Crippen LogP contribution in [0.5, 0.6) is 11.5 Å². The minimum Gasteiger partial charge on any atom is -0.497 e. The number of carbonyl (C=O) groups excluding carboxylic acids is 2. The molecule has 0 aliphatic rings. The van der Waals surface area contributed by atoms with Crippen LogP contribution in [0, 0.1) is 6.92 Å². The van der Waals surface area contributed by atoms with Gasteiger partial charge in [-0.1, -0.05) is 49.7 Å². The van der Waals surface area contributed by atoms with Crippen molar-refractivity contribution in [1.82, 2.24) is 14.7 Å². The van der Waals surface area contributed by atoms with Gasteiger partial charge in [0.15, 0.2) is 0 Å². The fourth-order valence-electron chi connectivity index (χ4n) is 4.39. The summed E-state index contributed by atoms with van der Waals surface area (Å²) in [6, 6.07) is 24.3. The van der Waals surface area contributed by atoms with E-state index in [4.69, 9.17) is 14.6 Å². The van der Waals surface area contributed by atoms with Crippen molar-refractivity contribution >= 4 is 17.6 Å². The van der Waals surface area contributed by atoms with Gasteiger partial charge >= 0.3 is 0 Å². The maximum atomic E-state index is 13.5. The van der Waals surface area contributed by atoms with Gasteiger partial charge in [0, 0.05) is 17.7 Å². The molecular weight excluding hydrogens is 492 g/mol. The lowest BCUT2D eigenvalue weighted by Crippen LogP contribution is -2.39. The van der Waals surface area contributed by atoms with Crippen LogP contribution in [0.4, 0.5) is 5.82 Å². The Morgan fingerprint density at radius 2 is 1.64 bits per heavy atom. The Morgan fingerprint density at radius 3 is 2.31 bits per heavy atom. The Labute approximate surface area is 229 Å². The highest BCUT2D eigenvalue weighted by Crippen LogP contribution is 2.33. The highest BCUT2D eigenvalue weighted by Gasteiger charge is 2.23. The molecule has 0 aliphatic heterocycles. The third-order valence-corrected chi connectivity index (χ3v) is 6.42. The number of nitrogens with zero attached hydrogens (tertiary/aromatic N) is 3. The number of anilines is 1. The summed E-state index contributed by atoms with van der Waals surface area (Å²) in [6.07, 6.45) is 1.67. The average molecular weight is 527 g/mol. The first kappa shape index (κ1) is 27.4. The van der Waals surface area contributed by atoms with Crippen LogP contribution >= 0.6 is 0 Å². The molecule has 39 heavy (non-hydrogen) atoms. The second-order valence-corrected chi connectivity index (χ2v) is 9.15. The second-order valence-electron chi connectivity index (χ2n) is 9.15.